The highest BCUT2D eigenvalue weighted by Gasteiger charge is 2.01. The second-order valence-electron chi connectivity index (χ2n) is 4.10. The van der Waals surface area contributed by atoms with Gasteiger partial charge in [-0.05, 0) is 31.2 Å². The highest BCUT2D eigenvalue weighted by molar-refractivity contribution is 7.99. The SMILES string of the molecule is Cc1ccc(SCCNc2ncccc2C#N)cc1. The predicted octanol–water partition coefficient (Wildman–Crippen LogP) is 3.47. The van der Waals surface area contributed by atoms with Gasteiger partial charge < -0.3 is 5.32 Å². The Morgan fingerprint density at radius 1 is 1.26 bits per heavy atom. The first-order valence-corrected chi connectivity index (χ1v) is 7.06. The van der Waals surface area contributed by atoms with E-state index in [4.69, 9.17) is 5.26 Å². The van der Waals surface area contributed by atoms with Crippen LogP contribution in [0.3, 0.4) is 0 Å². The maximum atomic E-state index is 8.94. The Hall–Kier alpha value is -1.99. The summed E-state index contributed by atoms with van der Waals surface area (Å²) >= 11 is 1.79. The van der Waals surface area contributed by atoms with Crippen molar-refractivity contribution in [3.05, 3.63) is 53.7 Å². The van der Waals surface area contributed by atoms with Crippen molar-refractivity contribution in [1.29, 1.82) is 5.26 Å². The molecule has 4 heteroatoms. The third-order valence-electron chi connectivity index (χ3n) is 2.61. The molecule has 0 saturated heterocycles. The van der Waals surface area contributed by atoms with E-state index in [9.17, 15) is 0 Å². The van der Waals surface area contributed by atoms with Gasteiger partial charge in [0.15, 0.2) is 0 Å². The standard InChI is InChI=1S/C15H15N3S/c1-12-4-6-14(7-5-12)19-10-9-18-15-13(11-16)3-2-8-17-15/h2-8H,9-10H2,1H3,(H,17,18). The van der Waals surface area contributed by atoms with Crippen LogP contribution >= 0.6 is 11.8 Å². The van der Waals surface area contributed by atoms with Crippen LogP contribution in [0.4, 0.5) is 5.82 Å². The summed E-state index contributed by atoms with van der Waals surface area (Å²) in [6, 6.07) is 14.1. The van der Waals surface area contributed by atoms with Gasteiger partial charge in [-0.3, -0.25) is 0 Å². The van der Waals surface area contributed by atoms with Crippen molar-refractivity contribution in [2.75, 3.05) is 17.6 Å². The molecule has 0 spiro atoms. The number of aromatic nitrogens is 1. The molecule has 1 heterocycles. The fourth-order valence-electron chi connectivity index (χ4n) is 1.61. The molecule has 0 aliphatic heterocycles. The third-order valence-corrected chi connectivity index (χ3v) is 3.63. The third kappa shape index (κ3) is 4.01. The summed E-state index contributed by atoms with van der Waals surface area (Å²) in [4.78, 5) is 5.42. The van der Waals surface area contributed by atoms with Crippen molar-refractivity contribution >= 4 is 17.6 Å². The smallest absolute Gasteiger partial charge is 0.143 e. The molecule has 0 saturated carbocycles. The van der Waals surface area contributed by atoms with Crippen LogP contribution in [-0.4, -0.2) is 17.3 Å². The molecule has 2 aromatic rings. The van der Waals surface area contributed by atoms with E-state index >= 15 is 0 Å². The molecule has 2 rings (SSSR count). The number of thioether (sulfide) groups is 1. The Kier molecular flexibility index (Phi) is 4.82. The van der Waals surface area contributed by atoms with Gasteiger partial charge in [-0.15, -0.1) is 11.8 Å². The molecule has 1 N–H and O–H groups in total. The number of benzene rings is 1. The molecule has 0 bridgehead atoms. The van der Waals surface area contributed by atoms with E-state index < -0.39 is 0 Å². The van der Waals surface area contributed by atoms with Crippen LogP contribution in [0.2, 0.25) is 0 Å². The molecule has 1 aromatic heterocycles. The zero-order chi connectivity index (χ0) is 13.5. The topological polar surface area (TPSA) is 48.7 Å². The Morgan fingerprint density at radius 3 is 2.79 bits per heavy atom. The molecule has 0 amide bonds. The van der Waals surface area contributed by atoms with E-state index in [0.29, 0.717) is 11.4 Å². The van der Waals surface area contributed by atoms with Crippen molar-refractivity contribution in [3.8, 4) is 6.07 Å². The Bertz CT molecular complexity index is 573. The van der Waals surface area contributed by atoms with E-state index in [1.807, 2.05) is 0 Å². The molecule has 0 aliphatic carbocycles. The number of pyridine rings is 1. The molecule has 0 fully saturated rings. The summed E-state index contributed by atoms with van der Waals surface area (Å²) in [6.07, 6.45) is 1.69. The maximum absolute atomic E-state index is 8.94. The number of nitrogens with zero attached hydrogens (tertiary/aromatic N) is 2. The van der Waals surface area contributed by atoms with Crippen LogP contribution in [0.5, 0.6) is 0 Å². The molecule has 0 aliphatic rings. The van der Waals surface area contributed by atoms with Crippen LogP contribution < -0.4 is 5.32 Å². The molecule has 1 aromatic carbocycles. The number of hydrogen-bond acceptors (Lipinski definition) is 4. The lowest BCUT2D eigenvalue weighted by molar-refractivity contribution is 1.16. The highest BCUT2D eigenvalue weighted by Crippen LogP contribution is 2.18. The molecule has 0 radical (unpaired) electrons. The molecule has 3 nitrogen and oxygen atoms in total. The Labute approximate surface area is 117 Å². The molecule has 0 atom stereocenters. The van der Waals surface area contributed by atoms with E-state index in [1.54, 1.807) is 30.1 Å². The first kappa shape index (κ1) is 13.4. The van der Waals surface area contributed by atoms with Crippen LogP contribution in [-0.2, 0) is 0 Å². The Balaban J connectivity index is 1.81. The van der Waals surface area contributed by atoms with Gasteiger partial charge in [-0.2, -0.15) is 5.26 Å². The summed E-state index contributed by atoms with van der Waals surface area (Å²) in [5.74, 6) is 1.60. The molecule has 96 valence electrons. The summed E-state index contributed by atoms with van der Waals surface area (Å²) < 4.78 is 0. The van der Waals surface area contributed by atoms with E-state index in [2.05, 4.69) is 47.6 Å². The average Bonchev–Trinajstić information content (AvgIpc) is 2.46. The lowest BCUT2D eigenvalue weighted by atomic mass is 10.2. The normalized spacial score (nSPS) is 9.89. The lowest BCUT2D eigenvalue weighted by Crippen LogP contribution is -2.06. The van der Waals surface area contributed by atoms with Gasteiger partial charge >= 0.3 is 0 Å². The second kappa shape index (κ2) is 6.81. The minimum atomic E-state index is 0.586. The average molecular weight is 269 g/mol. The van der Waals surface area contributed by atoms with E-state index in [-0.39, 0.29) is 0 Å². The first-order chi connectivity index (χ1) is 9.29. The molecule has 19 heavy (non-hydrogen) atoms. The first-order valence-electron chi connectivity index (χ1n) is 6.08. The number of nitrogens with one attached hydrogen (secondary N) is 1. The number of aryl methyl sites for hydroxylation is 1. The van der Waals surface area contributed by atoms with Crippen LogP contribution in [0.15, 0.2) is 47.5 Å². The van der Waals surface area contributed by atoms with Gasteiger partial charge in [0.05, 0.1) is 5.56 Å². The van der Waals surface area contributed by atoms with Gasteiger partial charge in [0.1, 0.15) is 11.9 Å². The number of hydrogen-bond donors (Lipinski definition) is 1. The van der Waals surface area contributed by atoms with Crippen LogP contribution in [0, 0.1) is 18.3 Å². The monoisotopic (exact) mass is 269 g/mol. The minimum absolute atomic E-state index is 0.586. The fourth-order valence-corrected chi connectivity index (χ4v) is 2.38. The van der Waals surface area contributed by atoms with Gasteiger partial charge in [-0.1, -0.05) is 17.7 Å². The zero-order valence-electron chi connectivity index (χ0n) is 10.8. The van der Waals surface area contributed by atoms with Crippen molar-refractivity contribution < 1.29 is 0 Å². The van der Waals surface area contributed by atoms with Crippen molar-refractivity contribution in [2.45, 2.75) is 11.8 Å². The summed E-state index contributed by atoms with van der Waals surface area (Å²) in [7, 11) is 0. The molecule has 0 unspecified atom stereocenters. The maximum Gasteiger partial charge on any atom is 0.143 e. The van der Waals surface area contributed by atoms with Crippen LogP contribution in [0.1, 0.15) is 11.1 Å². The number of nitriles is 1. The van der Waals surface area contributed by atoms with Crippen molar-refractivity contribution in [1.82, 2.24) is 4.98 Å². The summed E-state index contributed by atoms with van der Waals surface area (Å²) in [5.41, 5.74) is 1.86. The van der Waals surface area contributed by atoms with Crippen molar-refractivity contribution in [3.63, 3.8) is 0 Å². The zero-order valence-corrected chi connectivity index (χ0v) is 11.6. The predicted molar refractivity (Wildman–Crippen MR) is 79.3 cm³/mol. The summed E-state index contributed by atoms with van der Waals surface area (Å²) in [6.45, 7) is 2.87. The lowest BCUT2D eigenvalue weighted by Gasteiger charge is -2.06. The van der Waals surface area contributed by atoms with Gasteiger partial charge in [0, 0.05) is 23.4 Å². The summed E-state index contributed by atoms with van der Waals surface area (Å²) in [5, 5.41) is 12.1. The number of rotatable bonds is 5. The minimum Gasteiger partial charge on any atom is -0.368 e. The molecular weight excluding hydrogens is 254 g/mol. The quantitative estimate of drug-likeness (QED) is 0.667. The van der Waals surface area contributed by atoms with Gasteiger partial charge in [0.2, 0.25) is 0 Å². The fraction of sp³-hybridized carbons (Fsp3) is 0.200. The van der Waals surface area contributed by atoms with Crippen LogP contribution in [0.25, 0.3) is 0 Å². The second-order valence-corrected chi connectivity index (χ2v) is 5.27. The number of anilines is 1. The van der Waals surface area contributed by atoms with Gasteiger partial charge in [0.25, 0.3) is 0 Å². The highest BCUT2D eigenvalue weighted by atomic mass is 32.2. The van der Waals surface area contributed by atoms with Gasteiger partial charge in [-0.25, -0.2) is 4.98 Å². The Morgan fingerprint density at radius 2 is 2.05 bits per heavy atom. The van der Waals surface area contributed by atoms with E-state index in [1.165, 1.54) is 10.5 Å². The van der Waals surface area contributed by atoms with E-state index in [0.717, 1.165) is 12.3 Å². The largest absolute Gasteiger partial charge is 0.368 e. The van der Waals surface area contributed by atoms with Crippen molar-refractivity contribution in [2.24, 2.45) is 0 Å². The molecular formula is C15H15N3S.